The summed E-state index contributed by atoms with van der Waals surface area (Å²) >= 11 is 1.70. The van der Waals surface area contributed by atoms with Crippen molar-refractivity contribution in [3.8, 4) is 0 Å². The number of nitrogens with one attached hydrogen (secondary N) is 1. The third kappa shape index (κ3) is 2.24. The van der Waals surface area contributed by atoms with Gasteiger partial charge in [-0.05, 0) is 19.1 Å². The van der Waals surface area contributed by atoms with Crippen LogP contribution in [0.3, 0.4) is 0 Å². The molecule has 3 rings (SSSR count). The fourth-order valence-corrected chi connectivity index (χ4v) is 2.79. The summed E-state index contributed by atoms with van der Waals surface area (Å²) in [5.74, 6) is 0. The molecule has 0 saturated heterocycles. The van der Waals surface area contributed by atoms with E-state index >= 15 is 0 Å². The Kier molecular flexibility index (Phi) is 3.02. The average Bonchev–Trinajstić information content (AvgIpc) is 2.89. The first-order chi connectivity index (χ1) is 8.83. The monoisotopic (exact) mass is 255 g/mol. The Balaban J connectivity index is 1.79. The van der Waals surface area contributed by atoms with E-state index in [0.29, 0.717) is 0 Å². The Morgan fingerprint density at radius 2 is 1.89 bits per heavy atom. The number of benzene rings is 1. The van der Waals surface area contributed by atoms with Crippen molar-refractivity contribution in [2.75, 3.05) is 0 Å². The Bertz CT molecular complexity index is 581. The zero-order valence-electron chi connectivity index (χ0n) is 10.00. The second-order valence-electron chi connectivity index (χ2n) is 4.11. The smallest absolute Gasteiger partial charge is 0.137 e. The lowest BCUT2D eigenvalue weighted by Gasteiger charge is -2.08. The number of hydrogen-bond donors (Lipinski definition) is 1. The molecule has 0 aliphatic carbocycles. The van der Waals surface area contributed by atoms with Crippen LogP contribution >= 0.6 is 11.8 Å². The predicted molar refractivity (Wildman–Crippen MR) is 75.4 cm³/mol. The molecule has 0 fully saturated rings. The molecule has 2 aromatic rings. The fourth-order valence-electron chi connectivity index (χ4n) is 1.83. The molecule has 3 nitrogen and oxygen atoms in total. The van der Waals surface area contributed by atoms with Crippen molar-refractivity contribution in [1.29, 1.82) is 0 Å². The molecule has 1 aromatic heterocycles. The van der Waals surface area contributed by atoms with E-state index in [0.717, 1.165) is 22.0 Å². The van der Waals surface area contributed by atoms with E-state index in [9.17, 15) is 0 Å². The van der Waals surface area contributed by atoms with Crippen molar-refractivity contribution in [1.82, 2.24) is 10.4 Å². The highest BCUT2D eigenvalue weighted by Crippen LogP contribution is 2.33. The minimum absolute atomic E-state index is 0.111. The Morgan fingerprint density at radius 3 is 2.67 bits per heavy atom. The van der Waals surface area contributed by atoms with Gasteiger partial charge >= 0.3 is 0 Å². The van der Waals surface area contributed by atoms with Crippen molar-refractivity contribution in [2.24, 2.45) is 5.10 Å². The zero-order valence-corrected chi connectivity index (χ0v) is 10.8. The topological polar surface area (TPSA) is 37.3 Å². The maximum absolute atomic E-state index is 4.53. The lowest BCUT2D eigenvalue weighted by atomic mass is 10.2. The number of pyridine rings is 1. The Morgan fingerprint density at radius 1 is 1.06 bits per heavy atom. The van der Waals surface area contributed by atoms with Gasteiger partial charge in [-0.15, -0.1) is 0 Å². The maximum atomic E-state index is 4.53. The molecule has 0 unspecified atom stereocenters. The molecule has 90 valence electrons. The maximum Gasteiger partial charge on any atom is 0.137 e. The molecule has 1 aromatic carbocycles. The highest BCUT2D eigenvalue weighted by atomic mass is 32.2. The fraction of sp³-hybridized carbons (Fsp3) is 0.143. The first-order valence-electron chi connectivity index (χ1n) is 5.82. The van der Waals surface area contributed by atoms with Gasteiger partial charge in [0.1, 0.15) is 10.4 Å². The summed E-state index contributed by atoms with van der Waals surface area (Å²) < 4.78 is 0. The molecule has 1 N–H and O–H groups in total. The Labute approximate surface area is 110 Å². The molecule has 0 bridgehead atoms. The van der Waals surface area contributed by atoms with Crippen molar-refractivity contribution >= 4 is 16.8 Å². The van der Waals surface area contributed by atoms with E-state index in [1.54, 1.807) is 11.8 Å². The van der Waals surface area contributed by atoms with Gasteiger partial charge in [-0.1, -0.05) is 48.2 Å². The van der Waals surface area contributed by atoms with Crippen LogP contribution in [0.1, 0.15) is 22.3 Å². The molecule has 1 aliphatic heterocycles. The molecule has 4 heteroatoms. The summed E-state index contributed by atoms with van der Waals surface area (Å²) in [6.45, 7) is 2.00. The molecule has 18 heavy (non-hydrogen) atoms. The highest BCUT2D eigenvalue weighted by molar-refractivity contribution is 8.14. The van der Waals surface area contributed by atoms with Gasteiger partial charge in [-0.2, -0.15) is 5.10 Å². The van der Waals surface area contributed by atoms with Crippen molar-refractivity contribution in [3.05, 3.63) is 65.5 Å². The molecular weight excluding hydrogens is 242 g/mol. The quantitative estimate of drug-likeness (QED) is 0.896. The van der Waals surface area contributed by atoms with Crippen molar-refractivity contribution in [2.45, 2.75) is 12.3 Å². The van der Waals surface area contributed by atoms with Gasteiger partial charge in [0.15, 0.2) is 0 Å². The largest absolute Gasteiger partial charge is 0.289 e. The van der Waals surface area contributed by atoms with Crippen LogP contribution in [-0.2, 0) is 0 Å². The van der Waals surface area contributed by atoms with Gasteiger partial charge < -0.3 is 0 Å². The minimum Gasteiger partial charge on any atom is -0.289 e. The zero-order chi connectivity index (χ0) is 12.4. The third-order valence-corrected chi connectivity index (χ3v) is 3.84. The number of hydrogen-bond acceptors (Lipinski definition) is 4. The lowest BCUT2D eigenvalue weighted by Crippen LogP contribution is -2.08. The molecule has 1 aliphatic rings. The minimum atomic E-state index is 0.111. The third-order valence-electron chi connectivity index (χ3n) is 2.71. The molecule has 2 heterocycles. The first-order valence-corrected chi connectivity index (χ1v) is 6.70. The van der Waals surface area contributed by atoms with Crippen molar-refractivity contribution in [3.63, 3.8) is 0 Å². The summed E-state index contributed by atoms with van der Waals surface area (Å²) in [4.78, 5) is 4.53. The summed E-state index contributed by atoms with van der Waals surface area (Å²) in [5.41, 5.74) is 6.33. The van der Waals surface area contributed by atoms with E-state index in [4.69, 9.17) is 0 Å². The summed E-state index contributed by atoms with van der Waals surface area (Å²) in [7, 11) is 0. The SMILES string of the molecule is Cc1cccc([C@@H]2NN=C(c3ccccc3)S2)n1. The normalized spacial score (nSPS) is 18.3. The summed E-state index contributed by atoms with van der Waals surface area (Å²) in [5, 5.41) is 5.51. The van der Waals surface area contributed by atoms with Crippen molar-refractivity contribution < 1.29 is 0 Å². The lowest BCUT2D eigenvalue weighted by molar-refractivity contribution is 0.722. The van der Waals surface area contributed by atoms with E-state index in [1.807, 2.05) is 43.3 Å². The Hall–Kier alpha value is -1.81. The standard InChI is InChI=1S/C14H13N3S/c1-10-6-5-9-12(15-10)14-17-16-13(18-14)11-7-3-2-4-8-11/h2-9,14,17H,1H3/t14-/m1/s1. The van der Waals surface area contributed by atoms with Gasteiger partial charge in [0.25, 0.3) is 0 Å². The van der Waals surface area contributed by atoms with Crippen LogP contribution in [0.15, 0.2) is 53.6 Å². The first kappa shape index (κ1) is 11.3. The number of thioether (sulfide) groups is 1. The van der Waals surface area contributed by atoms with E-state index in [2.05, 4.69) is 27.6 Å². The molecule has 0 radical (unpaired) electrons. The molecule has 0 saturated carbocycles. The molecule has 1 atom stereocenters. The number of aryl methyl sites for hydroxylation is 1. The highest BCUT2D eigenvalue weighted by Gasteiger charge is 2.22. The predicted octanol–water partition coefficient (Wildman–Crippen LogP) is 3.09. The number of nitrogens with zero attached hydrogens (tertiary/aromatic N) is 2. The second-order valence-corrected chi connectivity index (χ2v) is 5.21. The van der Waals surface area contributed by atoms with E-state index in [1.165, 1.54) is 0 Å². The summed E-state index contributed by atoms with van der Waals surface area (Å²) in [6, 6.07) is 16.3. The van der Waals surface area contributed by atoms with Gasteiger partial charge in [0, 0.05) is 11.3 Å². The van der Waals surface area contributed by atoms with Crippen LogP contribution in [-0.4, -0.2) is 10.0 Å². The van der Waals surface area contributed by atoms with Crippen LogP contribution in [0.2, 0.25) is 0 Å². The van der Waals surface area contributed by atoms with E-state index < -0.39 is 0 Å². The van der Waals surface area contributed by atoms with Gasteiger partial charge in [-0.3, -0.25) is 10.4 Å². The number of rotatable bonds is 2. The number of aromatic nitrogens is 1. The number of hydrazone groups is 1. The summed E-state index contributed by atoms with van der Waals surface area (Å²) in [6.07, 6.45) is 0. The molecule has 0 amide bonds. The van der Waals surface area contributed by atoms with Crippen LogP contribution in [0.4, 0.5) is 0 Å². The van der Waals surface area contributed by atoms with Crippen LogP contribution < -0.4 is 5.43 Å². The van der Waals surface area contributed by atoms with Gasteiger partial charge in [0.05, 0.1) is 5.69 Å². The van der Waals surface area contributed by atoms with Crippen LogP contribution in [0, 0.1) is 6.92 Å². The van der Waals surface area contributed by atoms with E-state index in [-0.39, 0.29) is 5.37 Å². The van der Waals surface area contributed by atoms with Crippen LogP contribution in [0.25, 0.3) is 0 Å². The van der Waals surface area contributed by atoms with Gasteiger partial charge in [-0.25, -0.2) is 0 Å². The molecular formula is C14H13N3S. The van der Waals surface area contributed by atoms with Gasteiger partial charge in [0.2, 0.25) is 0 Å². The average molecular weight is 255 g/mol. The second kappa shape index (κ2) is 4.82. The molecule has 0 spiro atoms. The van der Waals surface area contributed by atoms with Crippen LogP contribution in [0.5, 0.6) is 0 Å².